The molecule has 0 fully saturated rings. The van der Waals surface area contributed by atoms with Crippen molar-refractivity contribution in [2.45, 2.75) is 52.4 Å². The average molecular weight is 426 g/mol. The van der Waals surface area contributed by atoms with Crippen LogP contribution in [0.2, 0.25) is 10.0 Å². The molecular formula is C26H29Cl2N. The van der Waals surface area contributed by atoms with Gasteiger partial charge in [-0.1, -0.05) is 95.1 Å². The van der Waals surface area contributed by atoms with E-state index < -0.39 is 0 Å². The summed E-state index contributed by atoms with van der Waals surface area (Å²) in [6.07, 6.45) is 0. The molecule has 0 bridgehead atoms. The summed E-state index contributed by atoms with van der Waals surface area (Å²) in [6, 6.07) is 23.1. The van der Waals surface area contributed by atoms with Crippen LogP contribution >= 0.6 is 23.2 Å². The number of hydrogen-bond acceptors (Lipinski definition) is 1. The summed E-state index contributed by atoms with van der Waals surface area (Å²) < 4.78 is 0. The van der Waals surface area contributed by atoms with Crippen molar-refractivity contribution in [1.29, 1.82) is 0 Å². The van der Waals surface area contributed by atoms with E-state index in [1.165, 1.54) is 11.1 Å². The third-order valence-corrected chi connectivity index (χ3v) is 5.96. The van der Waals surface area contributed by atoms with Gasteiger partial charge in [-0.3, -0.25) is 0 Å². The molecule has 0 unspecified atom stereocenters. The van der Waals surface area contributed by atoms with Gasteiger partial charge in [0.05, 0.1) is 15.7 Å². The molecule has 152 valence electrons. The maximum absolute atomic E-state index is 6.62. The molecule has 0 atom stereocenters. The van der Waals surface area contributed by atoms with Crippen LogP contribution in [-0.2, 0) is 10.8 Å². The van der Waals surface area contributed by atoms with Crippen LogP contribution < -0.4 is 4.90 Å². The van der Waals surface area contributed by atoms with Crippen LogP contribution in [0.15, 0.2) is 66.7 Å². The van der Waals surface area contributed by atoms with E-state index in [2.05, 4.69) is 95.0 Å². The predicted molar refractivity (Wildman–Crippen MR) is 129 cm³/mol. The Morgan fingerprint density at radius 1 is 0.586 bits per heavy atom. The Morgan fingerprint density at radius 2 is 1.00 bits per heavy atom. The van der Waals surface area contributed by atoms with Crippen LogP contribution in [0.5, 0.6) is 0 Å². The Bertz CT molecular complexity index is 918. The zero-order valence-electron chi connectivity index (χ0n) is 18.1. The first kappa shape index (κ1) is 21.7. The van der Waals surface area contributed by atoms with Gasteiger partial charge in [-0.2, -0.15) is 0 Å². The summed E-state index contributed by atoms with van der Waals surface area (Å²) in [7, 11) is 0. The highest BCUT2D eigenvalue weighted by Gasteiger charge is 2.20. The third-order valence-electron chi connectivity index (χ3n) is 5.16. The maximum atomic E-state index is 6.62. The van der Waals surface area contributed by atoms with Crippen LogP contribution in [0.1, 0.15) is 52.7 Å². The van der Waals surface area contributed by atoms with Crippen molar-refractivity contribution in [3.8, 4) is 0 Å². The van der Waals surface area contributed by atoms with Crippen molar-refractivity contribution >= 4 is 40.3 Å². The van der Waals surface area contributed by atoms with Gasteiger partial charge in [0.25, 0.3) is 0 Å². The highest BCUT2D eigenvalue weighted by molar-refractivity contribution is 6.43. The lowest BCUT2D eigenvalue weighted by atomic mass is 9.86. The second kappa shape index (κ2) is 8.05. The molecule has 0 aliphatic carbocycles. The summed E-state index contributed by atoms with van der Waals surface area (Å²) in [4.78, 5) is 2.16. The molecule has 3 rings (SSSR count). The molecule has 0 spiro atoms. The zero-order valence-corrected chi connectivity index (χ0v) is 19.6. The smallest absolute Gasteiger partial charge is 0.0832 e. The van der Waals surface area contributed by atoms with Crippen molar-refractivity contribution in [3.63, 3.8) is 0 Å². The van der Waals surface area contributed by atoms with E-state index in [0.29, 0.717) is 10.0 Å². The van der Waals surface area contributed by atoms with Crippen molar-refractivity contribution < 1.29 is 0 Å². The Morgan fingerprint density at radius 3 is 1.38 bits per heavy atom. The van der Waals surface area contributed by atoms with Crippen molar-refractivity contribution in [3.05, 3.63) is 87.9 Å². The first-order valence-corrected chi connectivity index (χ1v) is 10.7. The highest BCUT2D eigenvalue weighted by atomic mass is 35.5. The van der Waals surface area contributed by atoms with Crippen molar-refractivity contribution in [2.24, 2.45) is 0 Å². The van der Waals surface area contributed by atoms with Crippen LogP contribution in [0.25, 0.3) is 0 Å². The number of benzene rings is 3. The molecule has 0 saturated heterocycles. The van der Waals surface area contributed by atoms with Crippen LogP contribution in [0, 0.1) is 0 Å². The number of hydrogen-bond donors (Lipinski definition) is 0. The molecule has 0 heterocycles. The van der Waals surface area contributed by atoms with Gasteiger partial charge in [-0.05, 0) is 58.4 Å². The number of nitrogens with zero attached hydrogens (tertiary/aromatic N) is 1. The molecule has 3 heteroatoms. The molecular weight excluding hydrogens is 397 g/mol. The first-order valence-electron chi connectivity index (χ1n) is 9.94. The molecule has 0 saturated carbocycles. The average Bonchev–Trinajstić information content (AvgIpc) is 2.65. The molecule has 0 aliphatic heterocycles. The third kappa shape index (κ3) is 4.79. The van der Waals surface area contributed by atoms with Gasteiger partial charge in [0.15, 0.2) is 0 Å². The zero-order chi connectivity index (χ0) is 21.4. The van der Waals surface area contributed by atoms with Gasteiger partial charge >= 0.3 is 0 Å². The van der Waals surface area contributed by atoms with E-state index in [4.69, 9.17) is 23.2 Å². The van der Waals surface area contributed by atoms with Crippen LogP contribution in [-0.4, -0.2) is 0 Å². The second-order valence-electron chi connectivity index (χ2n) is 9.50. The van der Waals surface area contributed by atoms with Gasteiger partial charge in [0, 0.05) is 11.4 Å². The highest BCUT2D eigenvalue weighted by Crippen LogP contribution is 2.42. The summed E-state index contributed by atoms with van der Waals surface area (Å²) in [5.41, 5.74) is 5.75. The van der Waals surface area contributed by atoms with Crippen LogP contribution in [0.3, 0.4) is 0 Å². The lowest BCUT2D eigenvalue weighted by molar-refractivity contribution is 0.590. The van der Waals surface area contributed by atoms with Crippen LogP contribution in [0.4, 0.5) is 17.1 Å². The second-order valence-corrected chi connectivity index (χ2v) is 10.3. The number of halogens is 2. The first-order chi connectivity index (χ1) is 13.5. The Labute approximate surface area is 185 Å². The summed E-state index contributed by atoms with van der Waals surface area (Å²) in [5.74, 6) is 0. The number of rotatable bonds is 3. The minimum Gasteiger partial charge on any atom is -0.309 e. The topological polar surface area (TPSA) is 3.24 Å². The molecule has 0 amide bonds. The normalized spacial score (nSPS) is 12.1. The van der Waals surface area contributed by atoms with E-state index in [9.17, 15) is 0 Å². The van der Waals surface area contributed by atoms with Gasteiger partial charge in [0.2, 0.25) is 0 Å². The molecule has 0 radical (unpaired) electrons. The van der Waals surface area contributed by atoms with E-state index in [1.807, 2.05) is 18.2 Å². The molecule has 3 aromatic rings. The molecule has 29 heavy (non-hydrogen) atoms. The number of anilines is 3. The quantitative estimate of drug-likeness (QED) is 0.404. The largest absolute Gasteiger partial charge is 0.309 e. The van der Waals surface area contributed by atoms with Crippen molar-refractivity contribution in [2.75, 3.05) is 4.90 Å². The standard InChI is InChI=1S/C26H29Cl2N/c1-25(2,3)18-10-14-20(15-11-18)29(23-9-7-8-22(27)24(23)28)21-16-12-19(13-17-21)26(4,5)6/h7-17H,1-6H3. The molecule has 0 aromatic heterocycles. The fraction of sp³-hybridized carbons (Fsp3) is 0.308. The van der Waals surface area contributed by atoms with Crippen molar-refractivity contribution in [1.82, 2.24) is 0 Å². The SMILES string of the molecule is CC(C)(C)c1ccc(N(c2ccc(C(C)(C)C)cc2)c2cccc(Cl)c2Cl)cc1. The van der Waals surface area contributed by atoms with Gasteiger partial charge in [0.1, 0.15) is 0 Å². The fourth-order valence-corrected chi connectivity index (χ4v) is 3.69. The van der Waals surface area contributed by atoms with E-state index in [1.54, 1.807) is 0 Å². The lowest BCUT2D eigenvalue weighted by Gasteiger charge is -2.28. The Balaban J connectivity index is 2.14. The molecule has 1 nitrogen and oxygen atoms in total. The minimum absolute atomic E-state index is 0.103. The van der Waals surface area contributed by atoms with Gasteiger partial charge < -0.3 is 4.90 Å². The lowest BCUT2D eigenvalue weighted by Crippen LogP contribution is -2.14. The Hall–Kier alpha value is -1.96. The molecule has 0 aliphatic rings. The minimum atomic E-state index is 0.103. The maximum Gasteiger partial charge on any atom is 0.0832 e. The van der Waals surface area contributed by atoms with Gasteiger partial charge in [-0.15, -0.1) is 0 Å². The summed E-state index contributed by atoms with van der Waals surface area (Å²) in [6.45, 7) is 13.3. The molecule has 0 N–H and O–H groups in total. The van der Waals surface area contributed by atoms with E-state index in [-0.39, 0.29) is 10.8 Å². The Kier molecular flexibility index (Phi) is 6.03. The van der Waals surface area contributed by atoms with E-state index in [0.717, 1.165) is 17.1 Å². The summed E-state index contributed by atoms with van der Waals surface area (Å²) >= 11 is 13.0. The summed E-state index contributed by atoms with van der Waals surface area (Å²) in [5, 5.41) is 1.10. The van der Waals surface area contributed by atoms with Gasteiger partial charge in [-0.25, -0.2) is 0 Å². The van der Waals surface area contributed by atoms with E-state index >= 15 is 0 Å². The predicted octanol–water partition coefficient (Wildman–Crippen LogP) is 9.06. The fourth-order valence-electron chi connectivity index (χ4n) is 3.31. The molecule has 3 aromatic carbocycles. The monoisotopic (exact) mass is 425 g/mol.